The van der Waals surface area contributed by atoms with Crippen molar-refractivity contribution < 1.29 is 18.7 Å². The van der Waals surface area contributed by atoms with Crippen LogP contribution in [0.3, 0.4) is 0 Å². The van der Waals surface area contributed by atoms with Crippen molar-refractivity contribution in [2.24, 2.45) is 0 Å². The van der Waals surface area contributed by atoms with Gasteiger partial charge in [0.2, 0.25) is 5.76 Å². The Labute approximate surface area is 203 Å². The molecule has 1 aromatic heterocycles. The van der Waals surface area contributed by atoms with Crippen LogP contribution in [0.15, 0.2) is 80.4 Å². The quantitative estimate of drug-likeness (QED) is 0.320. The predicted molar refractivity (Wildman–Crippen MR) is 132 cm³/mol. The zero-order valence-corrected chi connectivity index (χ0v) is 20.1. The zero-order valence-electron chi connectivity index (χ0n) is 18.5. The molecule has 4 aromatic rings. The second-order valence-corrected chi connectivity index (χ2v) is 8.99. The van der Waals surface area contributed by atoms with E-state index in [4.69, 9.17) is 9.15 Å². The number of ether oxygens (including phenoxy) is 1. The smallest absolute Gasteiger partial charge is 0.338 e. The molecule has 2 heterocycles. The molecule has 0 spiro atoms. The number of carbonyl (C=O) groups is 2. The Morgan fingerprint density at radius 1 is 1.03 bits per heavy atom. The largest absolute Gasteiger partial charge is 0.462 e. The molecule has 6 nitrogen and oxygen atoms in total. The predicted octanol–water partition coefficient (Wildman–Crippen LogP) is 5.79. The van der Waals surface area contributed by atoms with Gasteiger partial charge in [0, 0.05) is 10.2 Å². The molecule has 1 aliphatic heterocycles. The molecule has 7 heteroatoms. The summed E-state index contributed by atoms with van der Waals surface area (Å²) in [6, 6.07) is 18.7. The van der Waals surface area contributed by atoms with Gasteiger partial charge in [-0.3, -0.25) is 14.5 Å². The maximum absolute atomic E-state index is 13.7. The summed E-state index contributed by atoms with van der Waals surface area (Å²) in [6.45, 7) is 3.92. The summed E-state index contributed by atoms with van der Waals surface area (Å²) in [5.41, 5.74) is 3.06. The van der Waals surface area contributed by atoms with Gasteiger partial charge in [-0.05, 0) is 67.9 Å². The second kappa shape index (κ2) is 8.57. The number of benzene rings is 3. The number of anilines is 1. The maximum atomic E-state index is 13.7. The molecule has 1 amide bonds. The van der Waals surface area contributed by atoms with Crippen molar-refractivity contribution in [3.63, 3.8) is 0 Å². The van der Waals surface area contributed by atoms with E-state index in [2.05, 4.69) is 15.9 Å². The Balaban J connectivity index is 1.70. The van der Waals surface area contributed by atoms with Crippen LogP contribution < -0.4 is 10.3 Å². The molecular formula is C27H20BrNO5. The van der Waals surface area contributed by atoms with Crippen LogP contribution >= 0.6 is 15.9 Å². The lowest BCUT2D eigenvalue weighted by molar-refractivity contribution is 0.0526. The molecule has 0 saturated carbocycles. The van der Waals surface area contributed by atoms with Gasteiger partial charge in [0.25, 0.3) is 5.91 Å². The van der Waals surface area contributed by atoms with Gasteiger partial charge in [0.15, 0.2) is 5.43 Å². The van der Waals surface area contributed by atoms with Gasteiger partial charge in [0.1, 0.15) is 5.58 Å². The fourth-order valence-electron chi connectivity index (χ4n) is 4.29. The Kier molecular flexibility index (Phi) is 5.57. The molecule has 5 rings (SSSR count). The molecule has 3 aromatic carbocycles. The fourth-order valence-corrected chi connectivity index (χ4v) is 4.55. The van der Waals surface area contributed by atoms with E-state index in [1.54, 1.807) is 48.2 Å². The SMILES string of the molecule is CCOC(=O)c1ccc(N2C(=O)c3oc4ccc(C)cc4c(=O)c3C2c2ccc(Br)cc2)cc1. The highest BCUT2D eigenvalue weighted by atomic mass is 79.9. The van der Waals surface area contributed by atoms with E-state index < -0.39 is 17.9 Å². The van der Waals surface area contributed by atoms with E-state index in [0.717, 1.165) is 15.6 Å². The van der Waals surface area contributed by atoms with E-state index in [0.29, 0.717) is 27.8 Å². The fraction of sp³-hybridized carbons (Fsp3) is 0.148. The van der Waals surface area contributed by atoms with Gasteiger partial charge >= 0.3 is 5.97 Å². The van der Waals surface area contributed by atoms with Gasteiger partial charge < -0.3 is 9.15 Å². The van der Waals surface area contributed by atoms with Crippen LogP contribution in [0.4, 0.5) is 5.69 Å². The molecule has 1 aliphatic rings. The van der Waals surface area contributed by atoms with Gasteiger partial charge in [-0.2, -0.15) is 0 Å². The first-order valence-electron chi connectivity index (χ1n) is 10.8. The third-order valence-corrected chi connectivity index (χ3v) is 6.40. The Hall–Kier alpha value is -3.71. The van der Waals surface area contributed by atoms with Crippen molar-refractivity contribution in [2.45, 2.75) is 19.9 Å². The number of hydrogen-bond donors (Lipinski definition) is 0. The standard InChI is InChI=1S/C27H20BrNO5/c1-3-33-27(32)17-7-11-19(12-8-17)29-23(16-5-9-18(28)10-6-16)22-24(30)20-14-15(2)4-13-21(20)34-25(22)26(29)31/h4-14,23H,3H2,1-2H3. The molecule has 1 unspecified atom stereocenters. The van der Waals surface area contributed by atoms with Crippen LogP contribution in [0.5, 0.6) is 0 Å². The summed E-state index contributed by atoms with van der Waals surface area (Å²) in [5, 5.41) is 0.438. The first-order valence-corrected chi connectivity index (χ1v) is 11.6. The van der Waals surface area contributed by atoms with Crippen LogP contribution in [0.25, 0.3) is 11.0 Å². The van der Waals surface area contributed by atoms with Crippen molar-refractivity contribution in [2.75, 3.05) is 11.5 Å². The summed E-state index contributed by atoms with van der Waals surface area (Å²) >= 11 is 3.44. The second-order valence-electron chi connectivity index (χ2n) is 8.07. The summed E-state index contributed by atoms with van der Waals surface area (Å²) in [6.07, 6.45) is 0. The number of fused-ring (bicyclic) bond motifs is 2. The zero-order chi connectivity index (χ0) is 24.0. The lowest BCUT2D eigenvalue weighted by Crippen LogP contribution is -2.29. The normalized spacial score (nSPS) is 15.0. The summed E-state index contributed by atoms with van der Waals surface area (Å²) in [5.74, 6) is -0.817. The molecule has 0 fully saturated rings. The summed E-state index contributed by atoms with van der Waals surface area (Å²) in [7, 11) is 0. The number of halogens is 1. The number of hydrogen-bond acceptors (Lipinski definition) is 5. The van der Waals surface area contributed by atoms with Crippen molar-refractivity contribution in [1.82, 2.24) is 0 Å². The number of aryl methyl sites for hydroxylation is 1. The van der Waals surface area contributed by atoms with Crippen LogP contribution in [0.2, 0.25) is 0 Å². The third kappa shape index (κ3) is 3.62. The molecule has 0 aliphatic carbocycles. The summed E-state index contributed by atoms with van der Waals surface area (Å²) < 4.78 is 11.9. The molecule has 170 valence electrons. The van der Waals surface area contributed by atoms with Crippen LogP contribution in [-0.4, -0.2) is 18.5 Å². The number of carbonyl (C=O) groups excluding carboxylic acids is 2. The average Bonchev–Trinajstić information content (AvgIpc) is 3.13. The average molecular weight is 518 g/mol. The van der Waals surface area contributed by atoms with Gasteiger partial charge in [-0.15, -0.1) is 0 Å². The first kappa shape index (κ1) is 22.1. The number of nitrogens with zero attached hydrogens (tertiary/aromatic N) is 1. The van der Waals surface area contributed by atoms with E-state index in [1.807, 2.05) is 37.3 Å². The Morgan fingerprint density at radius 3 is 2.41 bits per heavy atom. The molecule has 0 radical (unpaired) electrons. The van der Waals surface area contributed by atoms with Crippen molar-refractivity contribution in [3.8, 4) is 0 Å². The summed E-state index contributed by atoms with van der Waals surface area (Å²) in [4.78, 5) is 40.9. The molecule has 1 atom stereocenters. The maximum Gasteiger partial charge on any atom is 0.338 e. The third-order valence-electron chi connectivity index (χ3n) is 5.87. The Morgan fingerprint density at radius 2 is 1.74 bits per heavy atom. The minimum absolute atomic E-state index is 0.0312. The molecule has 0 bridgehead atoms. The molecular weight excluding hydrogens is 498 g/mol. The highest BCUT2D eigenvalue weighted by molar-refractivity contribution is 9.10. The van der Waals surface area contributed by atoms with Gasteiger partial charge in [0.05, 0.1) is 29.2 Å². The monoisotopic (exact) mass is 517 g/mol. The van der Waals surface area contributed by atoms with Crippen molar-refractivity contribution >= 4 is 44.5 Å². The van der Waals surface area contributed by atoms with Crippen LogP contribution in [0, 0.1) is 6.92 Å². The minimum Gasteiger partial charge on any atom is -0.462 e. The number of esters is 1. The topological polar surface area (TPSA) is 76.8 Å². The lowest BCUT2D eigenvalue weighted by atomic mass is 9.98. The van der Waals surface area contributed by atoms with Crippen LogP contribution in [-0.2, 0) is 4.74 Å². The highest BCUT2D eigenvalue weighted by Gasteiger charge is 2.43. The minimum atomic E-state index is -0.676. The van der Waals surface area contributed by atoms with Crippen LogP contribution in [0.1, 0.15) is 50.6 Å². The van der Waals surface area contributed by atoms with Crippen molar-refractivity contribution in [3.05, 3.63) is 109 Å². The van der Waals surface area contributed by atoms with Gasteiger partial charge in [-0.25, -0.2) is 4.79 Å². The highest BCUT2D eigenvalue weighted by Crippen LogP contribution is 2.41. The van der Waals surface area contributed by atoms with Crippen molar-refractivity contribution in [1.29, 1.82) is 0 Å². The van der Waals surface area contributed by atoms with E-state index in [-0.39, 0.29) is 17.8 Å². The molecule has 0 saturated heterocycles. The van der Waals surface area contributed by atoms with Gasteiger partial charge in [-0.1, -0.05) is 39.7 Å². The number of rotatable bonds is 4. The number of amides is 1. The van der Waals surface area contributed by atoms with E-state index in [1.165, 1.54) is 0 Å². The Bertz CT molecular complexity index is 1490. The molecule has 0 N–H and O–H groups in total. The van der Waals surface area contributed by atoms with E-state index >= 15 is 0 Å². The molecule has 34 heavy (non-hydrogen) atoms. The van der Waals surface area contributed by atoms with E-state index in [9.17, 15) is 14.4 Å². The lowest BCUT2D eigenvalue weighted by Gasteiger charge is -2.25. The first-order chi connectivity index (χ1) is 16.4.